The number of carbonyl (C=O) groups is 2. The summed E-state index contributed by atoms with van der Waals surface area (Å²) in [5, 5.41) is 4.12. The van der Waals surface area contributed by atoms with E-state index in [1.807, 2.05) is 76.2 Å². The smallest absolute Gasteiger partial charge is 0.271 e. The number of nitrogens with zero attached hydrogens (tertiary/aromatic N) is 2. The van der Waals surface area contributed by atoms with E-state index in [4.69, 9.17) is 0 Å². The Morgan fingerprint density at radius 1 is 0.971 bits per heavy atom. The number of thiazole rings is 1. The minimum atomic E-state index is -0.780. The van der Waals surface area contributed by atoms with Gasteiger partial charge in [-0.2, -0.15) is 0 Å². The van der Waals surface area contributed by atoms with Crippen molar-refractivity contribution < 1.29 is 9.59 Å². The molecule has 1 N–H and O–H groups in total. The molecule has 3 aromatic rings. The Bertz CT molecular complexity index is 1170. The van der Waals surface area contributed by atoms with E-state index in [1.54, 1.807) is 4.90 Å². The first kappa shape index (κ1) is 24.1. The standard InChI is InChI=1S/C28H33N3O2S/c1-18-12-11-17-24(19(18)2)31(28(33)26-20(3)29-21(4)34-26)25(22-13-7-5-8-14-22)27(32)30-23-15-9-6-10-16-23/h5,7-8,11-14,17,23,25H,6,9-10,15-16H2,1-4H3,(H,30,32)/t25-/m0/s1. The number of anilines is 1. The lowest BCUT2D eigenvalue weighted by atomic mass is 9.94. The molecule has 1 heterocycles. The molecule has 0 aliphatic heterocycles. The van der Waals surface area contributed by atoms with Gasteiger partial charge in [0.15, 0.2) is 0 Å². The Hall–Kier alpha value is -2.99. The Kier molecular flexibility index (Phi) is 7.47. The minimum absolute atomic E-state index is 0.133. The highest BCUT2D eigenvalue weighted by Crippen LogP contribution is 2.35. The van der Waals surface area contributed by atoms with Crippen LogP contribution in [-0.4, -0.2) is 22.8 Å². The fourth-order valence-corrected chi connectivity index (χ4v) is 5.64. The highest BCUT2D eigenvalue weighted by Gasteiger charge is 2.36. The van der Waals surface area contributed by atoms with Gasteiger partial charge in [0.25, 0.3) is 5.91 Å². The van der Waals surface area contributed by atoms with Crippen LogP contribution >= 0.6 is 11.3 Å². The molecule has 4 rings (SSSR count). The lowest BCUT2D eigenvalue weighted by Gasteiger charge is -2.34. The number of benzene rings is 2. The minimum Gasteiger partial charge on any atom is -0.351 e. The van der Waals surface area contributed by atoms with E-state index >= 15 is 0 Å². The average Bonchev–Trinajstić information content (AvgIpc) is 3.18. The van der Waals surface area contributed by atoms with Gasteiger partial charge in [-0.25, -0.2) is 4.98 Å². The highest BCUT2D eigenvalue weighted by molar-refractivity contribution is 7.13. The summed E-state index contributed by atoms with van der Waals surface area (Å²) in [6, 6.07) is 14.9. The van der Waals surface area contributed by atoms with Gasteiger partial charge in [-0.15, -0.1) is 11.3 Å². The first-order valence-electron chi connectivity index (χ1n) is 12.1. The van der Waals surface area contributed by atoms with E-state index in [0.29, 0.717) is 10.6 Å². The summed E-state index contributed by atoms with van der Waals surface area (Å²) in [6.45, 7) is 7.80. The third kappa shape index (κ3) is 5.07. The zero-order valence-electron chi connectivity index (χ0n) is 20.4. The van der Waals surface area contributed by atoms with E-state index in [0.717, 1.165) is 53.1 Å². The van der Waals surface area contributed by atoms with E-state index in [9.17, 15) is 9.59 Å². The van der Waals surface area contributed by atoms with Crippen LogP contribution < -0.4 is 10.2 Å². The molecule has 0 spiro atoms. The van der Waals surface area contributed by atoms with Crippen molar-refractivity contribution in [3.63, 3.8) is 0 Å². The number of carbonyl (C=O) groups excluding carboxylic acids is 2. The number of hydrogen-bond donors (Lipinski definition) is 1. The molecular weight excluding hydrogens is 442 g/mol. The van der Waals surface area contributed by atoms with Crippen LogP contribution in [0.3, 0.4) is 0 Å². The molecular formula is C28H33N3O2S. The van der Waals surface area contributed by atoms with Crippen LogP contribution in [0.1, 0.15) is 75.2 Å². The quantitative estimate of drug-likeness (QED) is 0.461. The number of rotatable bonds is 6. The number of nitrogens with one attached hydrogen (secondary N) is 1. The van der Waals surface area contributed by atoms with Crippen molar-refractivity contribution in [1.82, 2.24) is 10.3 Å². The van der Waals surface area contributed by atoms with Crippen LogP contribution in [0.15, 0.2) is 48.5 Å². The highest BCUT2D eigenvalue weighted by atomic mass is 32.1. The molecule has 5 nitrogen and oxygen atoms in total. The number of aryl methyl sites for hydroxylation is 3. The van der Waals surface area contributed by atoms with Crippen LogP contribution in [0.5, 0.6) is 0 Å². The average molecular weight is 476 g/mol. The van der Waals surface area contributed by atoms with Gasteiger partial charge in [-0.3, -0.25) is 14.5 Å². The summed E-state index contributed by atoms with van der Waals surface area (Å²) >= 11 is 1.38. The molecule has 2 aromatic carbocycles. The zero-order valence-corrected chi connectivity index (χ0v) is 21.2. The lowest BCUT2D eigenvalue weighted by Crippen LogP contribution is -2.47. The predicted octanol–water partition coefficient (Wildman–Crippen LogP) is 6.21. The largest absolute Gasteiger partial charge is 0.351 e. The SMILES string of the molecule is Cc1nc(C)c(C(=O)N(c2cccc(C)c2C)[C@H](C(=O)NC2CCCCC2)c2ccccc2)s1. The van der Waals surface area contributed by atoms with E-state index in [1.165, 1.54) is 17.8 Å². The number of hydrogen-bond acceptors (Lipinski definition) is 4. The molecule has 1 fully saturated rings. The molecule has 1 saturated carbocycles. The van der Waals surface area contributed by atoms with Crippen molar-refractivity contribution in [3.05, 3.63) is 80.8 Å². The van der Waals surface area contributed by atoms with Gasteiger partial charge < -0.3 is 5.32 Å². The molecule has 1 atom stereocenters. The van der Waals surface area contributed by atoms with Crippen LogP contribution in [0.25, 0.3) is 0 Å². The molecule has 6 heteroatoms. The molecule has 2 amide bonds. The summed E-state index contributed by atoms with van der Waals surface area (Å²) < 4.78 is 0. The molecule has 0 unspecified atom stereocenters. The third-order valence-electron chi connectivity index (χ3n) is 6.73. The van der Waals surface area contributed by atoms with Crippen molar-refractivity contribution in [2.24, 2.45) is 0 Å². The van der Waals surface area contributed by atoms with Crippen molar-refractivity contribution >= 4 is 28.8 Å². The summed E-state index contributed by atoms with van der Waals surface area (Å²) in [6.07, 6.45) is 5.43. The monoisotopic (exact) mass is 475 g/mol. The van der Waals surface area contributed by atoms with Crippen molar-refractivity contribution in [1.29, 1.82) is 0 Å². The molecule has 178 valence electrons. The van der Waals surface area contributed by atoms with Crippen LogP contribution in [0, 0.1) is 27.7 Å². The van der Waals surface area contributed by atoms with Gasteiger partial charge in [0.2, 0.25) is 5.91 Å². The van der Waals surface area contributed by atoms with Crippen LogP contribution in [0.2, 0.25) is 0 Å². The Balaban J connectivity index is 1.85. The second-order valence-electron chi connectivity index (χ2n) is 9.20. The van der Waals surface area contributed by atoms with E-state index in [-0.39, 0.29) is 17.9 Å². The van der Waals surface area contributed by atoms with Crippen LogP contribution in [0.4, 0.5) is 5.69 Å². The Labute approximate surface area is 206 Å². The maximum Gasteiger partial charge on any atom is 0.271 e. The van der Waals surface area contributed by atoms with Gasteiger partial charge in [0.1, 0.15) is 10.9 Å². The number of amides is 2. The fourth-order valence-electron chi connectivity index (χ4n) is 4.78. The second-order valence-corrected chi connectivity index (χ2v) is 10.4. The van der Waals surface area contributed by atoms with Gasteiger partial charge in [-0.1, -0.05) is 61.7 Å². The van der Waals surface area contributed by atoms with Crippen LogP contribution in [-0.2, 0) is 4.79 Å². The fraction of sp³-hybridized carbons (Fsp3) is 0.393. The molecule has 0 saturated heterocycles. The zero-order chi connectivity index (χ0) is 24.2. The van der Waals surface area contributed by atoms with Crippen molar-refractivity contribution in [3.8, 4) is 0 Å². The van der Waals surface area contributed by atoms with Gasteiger partial charge in [0.05, 0.1) is 10.7 Å². The second kappa shape index (κ2) is 10.5. The predicted molar refractivity (Wildman–Crippen MR) is 139 cm³/mol. The summed E-state index contributed by atoms with van der Waals surface area (Å²) in [5.41, 5.74) is 4.31. The van der Waals surface area contributed by atoms with E-state index in [2.05, 4.69) is 10.3 Å². The Morgan fingerprint density at radius 2 is 1.68 bits per heavy atom. The number of aromatic nitrogens is 1. The summed E-state index contributed by atoms with van der Waals surface area (Å²) in [4.78, 5) is 34.9. The molecule has 1 aliphatic carbocycles. The van der Waals surface area contributed by atoms with Crippen molar-refractivity contribution in [2.75, 3.05) is 4.90 Å². The molecule has 0 bridgehead atoms. The summed E-state index contributed by atoms with van der Waals surface area (Å²) in [5.74, 6) is -0.323. The normalized spacial score (nSPS) is 15.1. The van der Waals surface area contributed by atoms with E-state index < -0.39 is 6.04 Å². The third-order valence-corrected chi connectivity index (χ3v) is 7.79. The lowest BCUT2D eigenvalue weighted by molar-refractivity contribution is -0.123. The van der Waals surface area contributed by atoms with Gasteiger partial charge >= 0.3 is 0 Å². The molecule has 0 radical (unpaired) electrons. The van der Waals surface area contributed by atoms with Gasteiger partial charge in [0, 0.05) is 11.7 Å². The maximum absolute atomic E-state index is 14.2. The Morgan fingerprint density at radius 3 is 2.32 bits per heavy atom. The van der Waals surface area contributed by atoms with Crippen molar-refractivity contribution in [2.45, 2.75) is 71.9 Å². The molecule has 34 heavy (non-hydrogen) atoms. The maximum atomic E-state index is 14.2. The first-order valence-corrected chi connectivity index (χ1v) is 12.9. The summed E-state index contributed by atoms with van der Waals surface area (Å²) in [7, 11) is 0. The molecule has 1 aliphatic rings. The first-order chi connectivity index (χ1) is 16.4. The topological polar surface area (TPSA) is 62.3 Å². The molecule has 1 aromatic heterocycles. The van der Waals surface area contributed by atoms with Gasteiger partial charge in [-0.05, 0) is 63.3 Å².